The Morgan fingerprint density at radius 2 is 1.93 bits per heavy atom. The van der Waals surface area contributed by atoms with Crippen molar-refractivity contribution in [1.82, 2.24) is 10.2 Å². The van der Waals surface area contributed by atoms with Crippen molar-refractivity contribution < 1.29 is 13.6 Å². The first kappa shape index (κ1) is 9.32. The lowest BCUT2D eigenvalue weighted by Gasteiger charge is -1.94. The molecule has 0 aliphatic rings. The number of aromatic nitrogens is 2. The van der Waals surface area contributed by atoms with E-state index in [9.17, 15) is 9.18 Å². The molecule has 15 heavy (non-hydrogen) atoms. The van der Waals surface area contributed by atoms with Gasteiger partial charge in [0, 0.05) is 5.56 Å². The maximum Gasteiger partial charge on any atom is 0.313 e. The fourth-order valence-corrected chi connectivity index (χ4v) is 1.05. The predicted molar refractivity (Wildman–Crippen MR) is 48.5 cm³/mol. The largest absolute Gasteiger partial charge is 0.400 e. The number of benzene rings is 1. The summed E-state index contributed by atoms with van der Waals surface area (Å²) in [5, 5.41) is 6.78. The van der Waals surface area contributed by atoms with E-state index in [0.29, 0.717) is 0 Å². The lowest BCUT2D eigenvalue weighted by molar-refractivity contribution is 0.100. The van der Waals surface area contributed by atoms with Crippen LogP contribution < -0.4 is 5.73 Å². The van der Waals surface area contributed by atoms with Crippen molar-refractivity contribution in [3.05, 3.63) is 41.5 Å². The van der Waals surface area contributed by atoms with E-state index in [1.807, 2.05) is 0 Å². The van der Waals surface area contributed by atoms with E-state index in [1.165, 1.54) is 24.3 Å². The Hall–Kier alpha value is -2.24. The summed E-state index contributed by atoms with van der Waals surface area (Å²) in [7, 11) is 0. The lowest BCUT2D eigenvalue weighted by atomic mass is 10.1. The van der Waals surface area contributed by atoms with Gasteiger partial charge in [-0.05, 0) is 24.3 Å². The normalized spacial score (nSPS) is 10.2. The zero-order valence-electron chi connectivity index (χ0n) is 7.48. The molecule has 0 aliphatic carbocycles. The monoisotopic (exact) mass is 207 g/mol. The minimum absolute atomic E-state index is 0.180. The first-order valence-corrected chi connectivity index (χ1v) is 4.06. The molecule has 2 rings (SSSR count). The summed E-state index contributed by atoms with van der Waals surface area (Å²) in [6.45, 7) is 0. The minimum atomic E-state index is -0.487. The summed E-state index contributed by atoms with van der Waals surface area (Å²) >= 11 is 0. The second kappa shape index (κ2) is 3.49. The van der Waals surface area contributed by atoms with Gasteiger partial charge in [0.05, 0.1) is 0 Å². The van der Waals surface area contributed by atoms with Crippen LogP contribution in [0.15, 0.2) is 28.7 Å². The number of halogens is 1. The third kappa shape index (κ3) is 1.83. The van der Waals surface area contributed by atoms with Crippen LogP contribution in [-0.4, -0.2) is 16.0 Å². The van der Waals surface area contributed by atoms with Crippen LogP contribution in [-0.2, 0) is 0 Å². The molecule has 0 saturated carbocycles. The molecule has 0 atom stereocenters. The third-order valence-corrected chi connectivity index (χ3v) is 1.74. The van der Waals surface area contributed by atoms with Crippen molar-refractivity contribution in [2.24, 2.45) is 0 Å². The highest BCUT2D eigenvalue weighted by Crippen LogP contribution is 2.10. The Balaban J connectivity index is 2.32. The summed E-state index contributed by atoms with van der Waals surface area (Å²) in [5.41, 5.74) is 5.43. The van der Waals surface area contributed by atoms with Crippen molar-refractivity contribution in [1.29, 1.82) is 0 Å². The highest BCUT2D eigenvalue weighted by Gasteiger charge is 2.15. The van der Waals surface area contributed by atoms with Gasteiger partial charge in [0.25, 0.3) is 5.89 Å². The molecular formula is C9H6FN3O2. The second-order valence-corrected chi connectivity index (χ2v) is 2.78. The molecule has 1 heterocycles. The molecular weight excluding hydrogens is 201 g/mol. The van der Waals surface area contributed by atoms with Crippen molar-refractivity contribution in [3.63, 3.8) is 0 Å². The highest BCUT2D eigenvalue weighted by atomic mass is 19.1. The van der Waals surface area contributed by atoms with Crippen LogP contribution in [0.2, 0.25) is 0 Å². The summed E-state index contributed by atoms with van der Waals surface area (Å²) < 4.78 is 17.3. The van der Waals surface area contributed by atoms with E-state index in [0.717, 1.165) is 0 Å². The molecule has 5 nitrogen and oxygen atoms in total. The summed E-state index contributed by atoms with van der Waals surface area (Å²) in [6, 6.07) is 4.83. The Kier molecular flexibility index (Phi) is 2.17. The molecule has 0 unspecified atom stereocenters. The van der Waals surface area contributed by atoms with Gasteiger partial charge in [-0.1, -0.05) is 5.10 Å². The van der Waals surface area contributed by atoms with Crippen molar-refractivity contribution in [3.8, 4) is 0 Å². The number of hydrogen-bond donors (Lipinski definition) is 1. The first-order valence-electron chi connectivity index (χ1n) is 4.06. The van der Waals surface area contributed by atoms with Crippen molar-refractivity contribution in [2.45, 2.75) is 0 Å². The van der Waals surface area contributed by atoms with Gasteiger partial charge in [0.15, 0.2) is 0 Å². The molecule has 2 N–H and O–H groups in total. The van der Waals surface area contributed by atoms with Gasteiger partial charge in [0.2, 0.25) is 5.78 Å². The Morgan fingerprint density at radius 1 is 1.27 bits per heavy atom. The SMILES string of the molecule is Nc1nnc(C(=O)c2ccc(F)cc2)o1. The number of ketones is 1. The van der Waals surface area contributed by atoms with E-state index in [1.54, 1.807) is 0 Å². The summed E-state index contributed by atoms with van der Waals surface area (Å²) in [6.07, 6.45) is 0. The maximum atomic E-state index is 12.6. The Labute approximate surface area is 83.7 Å². The summed E-state index contributed by atoms with van der Waals surface area (Å²) in [4.78, 5) is 11.6. The number of carbonyl (C=O) groups excluding carboxylic acids is 1. The summed E-state index contributed by atoms with van der Waals surface area (Å²) in [5.74, 6) is -1.12. The number of nitrogens with two attached hydrogens (primary N) is 1. The molecule has 1 aromatic carbocycles. The van der Waals surface area contributed by atoms with Crippen LogP contribution in [0.5, 0.6) is 0 Å². The first-order chi connectivity index (χ1) is 7.16. The average Bonchev–Trinajstić information content (AvgIpc) is 2.65. The smallest absolute Gasteiger partial charge is 0.313 e. The molecule has 76 valence electrons. The molecule has 0 aliphatic heterocycles. The third-order valence-electron chi connectivity index (χ3n) is 1.74. The molecule has 0 fully saturated rings. The van der Waals surface area contributed by atoms with E-state index in [2.05, 4.69) is 10.2 Å². The van der Waals surface area contributed by atoms with Gasteiger partial charge in [-0.3, -0.25) is 4.79 Å². The number of nitrogen functional groups attached to an aromatic ring is 1. The minimum Gasteiger partial charge on any atom is -0.400 e. The van der Waals surface area contributed by atoms with E-state index in [-0.39, 0.29) is 17.5 Å². The van der Waals surface area contributed by atoms with Gasteiger partial charge in [-0.2, -0.15) is 0 Å². The van der Waals surface area contributed by atoms with Gasteiger partial charge in [0.1, 0.15) is 5.82 Å². The van der Waals surface area contributed by atoms with Crippen LogP contribution in [0.3, 0.4) is 0 Å². The Morgan fingerprint density at radius 3 is 2.47 bits per heavy atom. The van der Waals surface area contributed by atoms with E-state index in [4.69, 9.17) is 10.2 Å². The van der Waals surface area contributed by atoms with Crippen LogP contribution >= 0.6 is 0 Å². The Bertz CT molecular complexity index is 492. The standard InChI is InChI=1S/C9H6FN3O2/c10-6-3-1-5(2-4-6)7(14)8-12-13-9(11)15-8/h1-4H,(H2,11,13). The van der Waals surface area contributed by atoms with Crippen LogP contribution in [0.4, 0.5) is 10.4 Å². The molecule has 6 heteroatoms. The zero-order valence-corrected chi connectivity index (χ0v) is 7.48. The second-order valence-electron chi connectivity index (χ2n) is 2.78. The van der Waals surface area contributed by atoms with Gasteiger partial charge >= 0.3 is 6.01 Å². The number of anilines is 1. The number of carbonyl (C=O) groups is 1. The molecule has 0 bridgehead atoms. The van der Waals surface area contributed by atoms with Gasteiger partial charge < -0.3 is 10.2 Å². The molecule has 1 aromatic heterocycles. The number of rotatable bonds is 2. The van der Waals surface area contributed by atoms with Crippen molar-refractivity contribution in [2.75, 3.05) is 5.73 Å². The molecule has 0 saturated heterocycles. The quantitative estimate of drug-likeness (QED) is 0.743. The maximum absolute atomic E-state index is 12.6. The molecule has 0 spiro atoms. The number of nitrogens with zero attached hydrogens (tertiary/aromatic N) is 2. The molecule has 0 radical (unpaired) electrons. The lowest BCUT2D eigenvalue weighted by Crippen LogP contribution is -2.01. The van der Waals surface area contributed by atoms with Gasteiger partial charge in [-0.15, -0.1) is 5.10 Å². The van der Waals surface area contributed by atoms with E-state index < -0.39 is 11.6 Å². The number of hydrogen-bond acceptors (Lipinski definition) is 5. The van der Waals surface area contributed by atoms with Crippen LogP contribution in [0.25, 0.3) is 0 Å². The van der Waals surface area contributed by atoms with Gasteiger partial charge in [-0.25, -0.2) is 4.39 Å². The van der Waals surface area contributed by atoms with Crippen molar-refractivity contribution >= 4 is 11.8 Å². The zero-order chi connectivity index (χ0) is 10.8. The topological polar surface area (TPSA) is 82.0 Å². The predicted octanol–water partition coefficient (Wildman–Crippen LogP) is 1.02. The van der Waals surface area contributed by atoms with E-state index >= 15 is 0 Å². The molecule has 2 aromatic rings. The van der Waals surface area contributed by atoms with Crippen LogP contribution in [0, 0.1) is 5.82 Å². The van der Waals surface area contributed by atoms with Crippen LogP contribution in [0.1, 0.15) is 16.2 Å². The fourth-order valence-electron chi connectivity index (χ4n) is 1.05. The average molecular weight is 207 g/mol. The highest BCUT2D eigenvalue weighted by molar-refractivity contribution is 6.05. The molecule has 0 amide bonds. The fraction of sp³-hybridized carbons (Fsp3) is 0.